The van der Waals surface area contributed by atoms with Crippen LogP contribution in [0.25, 0.3) is 0 Å². The fraction of sp³-hybridized carbons (Fsp3) is 0.133. The first kappa shape index (κ1) is 14.6. The van der Waals surface area contributed by atoms with Gasteiger partial charge in [0.2, 0.25) is 0 Å². The van der Waals surface area contributed by atoms with Gasteiger partial charge >= 0.3 is 0 Å². The molecule has 4 nitrogen and oxygen atoms in total. The fourth-order valence-electron chi connectivity index (χ4n) is 1.88. The molecule has 6 heteroatoms. The normalized spacial score (nSPS) is 10.2. The molecule has 0 heterocycles. The second-order valence-electron chi connectivity index (χ2n) is 4.30. The number of nitriles is 1. The summed E-state index contributed by atoms with van der Waals surface area (Å²) in [7, 11) is 1.44. The fourth-order valence-corrected chi connectivity index (χ4v) is 1.88. The van der Waals surface area contributed by atoms with Crippen molar-refractivity contribution in [3.05, 3.63) is 47.5 Å². The number of hydrogen-bond donors (Lipinski definition) is 2. The van der Waals surface area contributed by atoms with E-state index in [1.807, 2.05) is 6.07 Å². The minimum Gasteiger partial charge on any atom is -0.495 e. The number of methoxy groups -OCH3 is 1. The van der Waals surface area contributed by atoms with Gasteiger partial charge in [-0.05, 0) is 30.3 Å². The van der Waals surface area contributed by atoms with E-state index in [0.717, 1.165) is 0 Å². The lowest BCUT2D eigenvalue weighted by Gasteiger charge is -2.15. The number of nitrogen functional groups attached to an aromatic ring is 1. The Labute approximate surface area is 120 Å². The summed E-state index contributed by atoms with van der Waals surface area (Å²) < 4.78 is 31.2. The van der Waals surface area contributed by atoms with Crippen molar-refractivity contribution in [3.8, 4) is 11.8 Å². The van der Waals surface area contributed by atoms with Crippen LogP contribution in [0.1, 0.15) is 17.6 Å². The molecule has 2 aromatic carbocycles. The highest BCUT2D eigenvalue weighted by Gasteiger charge is 2.15. The van der Waals surface area contributed by atoms with Crippen molar-refractivity contribution in [1.29, 1.82) is 5.26 Å². The maximum atomic E-state index is 13.0. The van der Waals surface area contributed by atoms with E-state index >= 15 is 0 Å². The predicted octanol–water partition coefficient (Wildman–Crippen LogP) is 3.83. The average Bonchev–Trinajstić information content (AvgIpc) is 2.49. The lowest BCUT2D eigenvalue weighted by Crippen LogP contribution is -2.00. The van der Waals surface area contributed by atoms with Crippen LogP contribution < -0.4 is 15.8 Å². The Kier molecular flexibility index (Phi) is 4.24. The third-order valence-corrected chi connectivity index (χ3v) is 2.91. The molecule has 0 saturated heterocycles. The van der Waals surface area contributed by atoms with Gasteiger partial charge in [0.25, 0.3) is 6.43 Å². The Balaban J connectivity index is 2.41. The monoisotopic (exact) mass is 289 g/mol. The number of benzene rings is 2. The maximum Gasteiger partial charge on any atom is 0.265 e. The lowest BCUT2D eigenvalue weighted by molar-refractivity contribution is 0.152. The topological polar surface area (TPSA) is 71.1 Å². The van der Waals surface area contributed by atoms with E-state index in [1.165, 1.54) is 31.4 Å². The van der Waals surface area contributed by atoms with Gasteiger partial charge in [-0.2, -0.15) is 5.26 Å². The molecule has 0 aromatic heterocycles. The van der Waals surface area contributed by atoms with Gasteiger partial charge in [-0.1, -0.05) is 0 Å². The summed E-state index contributed by atoms with van der Waals surface area (Å²) in [5, 5.41) is 11.7. The van der Waals surface area contributed by atoms with Gasteiger partial charge in [-0.15, -0.1) is 0 Å². The maximum absolute atomic E-state index is 13.0. The number of anilines is 3. The molecule has 0 atom stereocenters. The van der Waals surface area contributed by atoms with Crippen LogP contribution in [0.5, 0.6) is 5.75 Å². The number of nitrogens with two attached hydrogens (primary N) is 1. The number of alkyl halides is 2. The van der Waals surface area contributed by atoms with E-state index in [1.54, 1.807) is 12.1 Å². The summed E-state index contributed by atoms with van der Waals surface area (Å²) in [5.41, 5.74) is 6.75. The van der Waals surface area contributed by atoms with Crippen molar-refractivity contribution in [2.24, 2.45) is 0 Å². The summed E-state index contributed by atoms with van der Waals surface area (Å²) in [6, 6.07) is 10.9. The van der Waals surface area contributed by atoms with Crippen LogP contribution in [0.4, 0.5) is 25.8 Å². The third-order valence-electron chi connectivity index (χ3n) is 2.91. The number of rotatable bonds is 4. The van der Waals surface area contributed by atoms with Crippen molar-refractivity contribution in [2.45, 2.75) is 6.43 Å². The number of nitrogens with zero attached hydrogens (tertiary/aromatic N) is 1. The van der Waals surface area contributed by atoms with E-state index in [9.17, 15) is 8.78 Å². The quantitative estimate of drug-likeness (QED) is 0.839. The van der Waals surface area contributed by atoms with Crippen LogP contribution in [0.15, 0.2) is 36.4 Å². The molecule has 21 heavy (non-hydrogen) atoms. The van der Waals surface area contributed by atoms with Gasteiger partial charge in [0.05, 0.1) is 24.4 Å². The van der Waals surface area contributed by atoms with Crippen LogP contribution in [0.2, 0.25) is 0 Å². The first-order chi connectivity index (χ1) is 10.0. The number of ether oxygens (including phenoxy) is 1. The lowest BCUT2D eigenvalue weighted by atomic mass is 10.1. The zero-order chi connectivity index (χ0) is 15.4. The molecule has 0 aliphatic carbocycles. The van der Waals surface area contributed by atoms with E-state index < -0.39 is 6.43 Å². The first-order valence-corrected chi connectivity index (χ1v) is 6.08. The Morgan fingerprint density at radius 3 is 2.52 bits per heavy atom. The predicted molar refractivity (Wildman–Crippen MR) is 76.8 cm³/mol. The first-order valence-electron chi connectivity index (χ1n) is 6.08. The second kappa shape index (κ2) is 6.09. The number of halogens is 2. The van der Waals surface area contributed by atoms with Gasteiger partial charge in [-0.3, -0.25) is 0 Å². The summed E-state index contributed by atoms with van der Waals surface area (Å²) in [4.78, 5) is 0. The van der Waals surface area contributed by atoms with Crippen LogP contribution in [-0.4, -0.2) is 7.11 Å². The number of hydrogen-bond acceptors (Lipinski definition) is 4. The summed E-state index contributed by atoms with van der Waals surface area (Å²) in [6.07, 6.45) is -2.65. The Morgan fingerprint density at radius 2 is 1.90 bits per heavy atom. The molecule has 0 bridgehead atoms. The summed E-state index contributed by atoms with van der Waals surface area (Å²) in [5.74, 6) is 0.395. The third kappa shape index (κ3) is 3.20. The Bertz CT molecular complexity index is 696. The second-order valence-corrected chi connectivity index (χ2v) is 4.30. The highest BCUT2D eigenvalue weighted by Crippen LogP contribution is 2.34. The van der Waals surface area contributed by atoms with Crippen molar-refractivity contribution in [3.63, 3.8) is 0 Å². The van der Waals surface area contributed by atoms with E-state index in [2.05, 4.69) is 5.32 Å². The number of nitrogens with one attached hydrogen (secondary N) is 1. The molecule has 3 N–H and O–H groups in total. The van der Waals surface area contributed by atoms with Crippen LogP contribution in [-0.2, 0) is 0 Å². The van der Waals surface area contributed by atoms with E-state index in [-0.39, 0.29) is 16.9 Å². The molecule has 2 rings (SSSR count). The average molecular weight is 289 g/mol. The van der Waals surface area contributed by atoms with Crippen molar-refractivity contribution in [1.82, 2.24) is 0 Å². The van der Waals surface area contributed by atoms with Gasteiger partial charge in [0.1, 0.15) is 5.75 Å². The summed E-state index contributed by atoms with van der Waals surface area (Å²) in [6.45, 7) is 0. The van der Waals surface area contributed by atoms with Crippen molar-refractivity contribution < 1.29 is 13.5 Å². The molecule has 108 valence electrons. The van der Waals surface area contributed by atoms with Crippen LogP contribution in [0, 0.1) is 11.3 Å². The van der Waals surface area contributed by atoms with Gasteiger partial charge < -0.3 is 15.8 Å². The molecule has 0 unspecified atom stereocenters. The molecular weight excluding hydrogens is 276 g/mol. The largest absolute Gasteiger partial charge is 0.495 e. The Morgan fingerprint density at radius 1 is 1.19 bits per heavy atom. The highest BCUT2D eigenvalue weighted by molar-refractivity contribution is 5.71. The van der Waals surface area contributed by atoms with Gasteiger partial charge in [0.15, 0.2) is 0 Å². The molecule has 0 aliphatic heterocycles. The van der Waals surface area contributed by atoms with Crippen molar-refractivity contribution >= 4 is 17.1 Å². The zero-order valence-electron chi connectivity index (χ0n) is 11.2. The molecule has 0 fully saturated rings. The van der Waals surface area contributed by atoms with Crippen molar-refractivity contribution in [2.75, 3.05) is 18.2 Å². The van der Waals surface area contributed by atoms with Crippen LogP contribution >= 0.6 is 0 Å². The standard InChI is InChI=1S/C15H13F2N3O/c1-21-14-6-9(8-18)2-4-13(14)20-12-5-3-10(19)7-11(12)15(16)17/h2-7,15,20H,19H2,1H3. The molecular formula is C15H13F2N3O. The summed E-state index contributed by atoms with van der Waals surface area (Å²) >= 11 is 0. The van der Waals surface area contributed by atoms with Gasteiger partial charge in [-0.25, -0.2) is 8.78 Å². The molecule has 2 aromatic rings. The van der Waals surface area contributed by atoms with E-state index in [4.69, 9.17) is 15.7 Å². The highest BCUT2D eigenvalue weighted by atomic mass is 19.3. The van der Waals surface area contributed by atoms with Crippen LogP contribution in [0.3, 0.4) is 0 Å². The van der Waals surface area contributed by atoms with Gasteiger partial charge in [0, 0.05) is 23.0 Å². The minimum atomic E-state index is -2.65. The zero-order valence-corrected chi connectivity index (χ0v) is 11.2. The minimum absolute atomic E-state index is 0.193. The Hall–Kier alpha value is -2.81. The molecule has 0 aliphatic rings. The smallest absolute Gasteiger partial charge is 0.265 e. The van der Waals surface area contributed by atoms with E-state index in [0.29, 0.717) is 17.0 Å². The molecule has 0 amide bonds. The molecule has 0 spiro atoms. The molecule has 0 saturated carbocycles. The SMILES string of the molecule is COc1cc(C#N)ccc1Nc1ccc(N)cc1C(F)F. The molecule has 0 radical (unpaired) electrons.